The Hall–Kier alpha value is -1.68. The van der Waals surface area contributed by atoms with E-state index < -0.39 is 0 Å². The molecule has 2 aliphatic rings. The van der Waals surface area contributed by atoms with Gasteiger partial charge in [0.15, 0.2) is 0 Å². The molecule has 1 N–H and O–H groups in total. The Morgan fingerprint density at radius 2 is 1.81 bits per heavy atom. The first-order valence-corrected chi connectivity index (χ1v) is 10.8. The number of fused-ring (bicyclic) bond motifs is 1. The minimum Gasteiger partial charge on any atom is -0.367 e. The lowest BCUT2D eigenvalue weighted by molar-refractivity contribution is 0.0747. The van der Waals surface area contributed by atoms with E-state index in [1.807, 2.05) is 0 Å². The van der Waals surface area contributed by atoms with Crippen molar-refractivity contribution in [2.24, 2.45) is 5.41 Å². The zero-order valence-corrected chi connectivity index (χ0v) is 17.2. The van der Waals surface area contributed by atoms with Crippen molar-refractivity contribution in [3.8, 4) is 0 Å². The number of likely N-dealkylation sites (tertiary alicyclic amines) is 1. The minimum absolute atomic E-state index is 0.533. The molecular weight excluding hydrogens is 332 g/mol. The summed E-state index contributed by atoms with van der Waals surface area (Å²) in [5.41, 5.74) is 2.92. The Morgan fingerprint density at radius 3 is 2.52 bits per heavy atom. The molecule has 4 rings (SSSR count). The molecule has 2 aromatic rings. The van der Waals surface area contributed by atoms with Crippen LogP contribution in [0.1, 0.15) is 64.9 Å². The second-order valence-corrected chi connectivity index (χ2v) is 9.28. The number of hydrogen-bond acceptors (Lipinski definition) is 4. The second kappa shape index (κ2) is 7.75. The molecule has 1 saturated carbocycles. The van der Waals surface area contributed by atoms with Gasteiger partial charge >= 0.3 is 0 Å². The molecular formula is C23H34N4. The van der Waals surface area contributed by atoms with Crippen LogP contribution < -0.4 is 5.32 Å². The summed E-state index contributed by atoms with van der Waals surface area (Å²) in [6.45, 7) is 9.60. The van der Waals surface area contributed by atoms with E-state index in [4.69, 9.17) is 0 Å². The maximum Gasteiger partial charge on any atom is 0.137 e. The number of nitrogens with one attached hydrogen (secondary N) is 1. The predicted molar refractivity (Wildman–Crippen MR) is 113 cm³/mol. The standard InChI is InChI=1S/C23H34N4/c1-4-17-5-10-21-20(15-17)22(25-16-24-21)26-18-6-8-19(9-7-18)27-13-11-23(2,3)12-14-27/h5,10,15-16,18-19H,4,6-9,11-14H2,1-3H3,(H,24,25,26)/t18-,19-. The second-order valence-electron chi connectivity index (χ2n) is 9.28. The van der Waals surface area contributed by atoms with Crippen molar-refractivity contribution in [3.05, 3.63) is 30.1 Å². The van der Waals surface area contributed by atoms with Gasteiger partial charge in [-0.15, -0.1) is 0 Å². The molecule has 1 aliphatic carbocycles. The number of nitrogens with zero attached hydrogens (tertiary/aromatic N) is 3. The first kappa shape index (κ1) is 18.7. The highest BCUT2D eigenvalue weighted by Crippen LogP contribution is 2.34. The molecule has 4 nitrogen and oxygen atoms in total. The van der Waals surface area contributed by atoms with Crippen LogP contribution in [0.4, 0.5) is 5.82 Å². The maximum atomic E-state index is 4.57. The molecule has 1 saturated heterocycles. The summed E-state index contributed by atoms with van der Waals surface area (Å²) in [5.74, 6) is 1.01. The molecule has 146 valence electrons. The average Bonchev–Trinajstić information content (AvgIpc) is 2.69. The zero-order valence-electron chi connectivity index (χ0n) is 17.2. The van der Waals surface area contributed by atoms with Gasteiger partial charge in [-0.2, -0.15) is 0 Å². The number of hydrogen-bond donors (Lipinski definition) is 1. The lowest BCUT2D eigenvalue weighted by atomic mass is 9.81. The molecule has 1 aromatic heterocycles. The van der Waals surface area contributed by atoms with Crippen LogP contribution in [-0.4, -0.2) is 40.0 Å². The van der Waals surface area contributed by atoms with Gasteiger partial charge in [0, 0.05) is 17.5 Å². The van der Waals surface area contributed by atoms with Gasteiger partial charge in [0.2, 0.25) is 0 Å². The van der Waals surface area contributed by atoms with Crippen LogP contribution in [0.3, 0.4) is 0 Å². The van der Waals surface area contributed by atoms with Gasteiger partial charge in [0.1, 0.15) is 12.1 Å². The third-order valence-electron chi connectivity index (χ3n) is 6.81. The molecule has 4 heteroatoms. The predicted octanol–water partition coefficient (Wildman–Crippen LogP) is 5.04. The topological polar surface area (TPSA) is 41.1 Å². The van der Waals surface area contributed by atoms with E-state index in [9.17, 15) is 0 Å². The molecule has 2 heterocycles. The quantitative estimate of drug-likeness (QED) is 0.823. The van der Waals surface area contributed by atoms with Crippen LogP contribution in [0.25, 0.3) is 10.9 Å². The first-order valence-electron chi connectivity index (χ1n) is 10.8. The fourth-order valence-corrected chi connectivity index (χ4v) is 4.71. The highest BCUT2D eigenvalue weighted by Gasteiger charge is 2.31. The van der Waals surface area contributed by atoms with Crippen molar-refractivity contribution in [1.29, 1.82) is 0 Å². The molecule has 0 atom stereocenters. The Labute approximate surface area is 163 Å². The minimum atomic E-state index is 0.533. The molecule has 0 amide bonds. The number of benzene rings is 1. The van der Waals surface area contributed by atoms with E-state index in [0.29, 0.717) is 11.5 Å². The fourth-order valence-electron chi connectivity index (χ4n) is 4.71. The Morgan fingerprint density at radius 1 is 1.07 bits per heavy atom. The van der Waals surface area contributed by atoms with Crippen molar-refractivity contribution in [3.63, 3.8) is 0 Å². The molecule has 2 fully saturated rings. The Bertz CT molecular complexity index is 767. The van der Waals surface area contributed by atoms with E-state index in [1.165, 1.54) is 57.2 Å². The summed E-state index contributed by atoms with van der Waals surface area (Å²) in [4.78, 5) is 11.8. The molecule has 1 aliphatic heterocycles. The van der Waals surface area contributed by atoms with Gasteiger partial charge in [-0.05, 0) is 81.1 Å². The zero-order chi connectivity index (χ0) is 18.9. The van der Waals surface area contributed by atoms with Gasteiger partial charge in [-0.1, -0.05) is 26.8 Å². The van der Waals surface area contributed by atoms with E-state index in [2.05, 4.69) is 59.2 Å². The highest BCUT2D eigenvalue weighted by molar-refractivity contribution is 5.89. The first-order chi connectivity index (χ1) is 13.0. The summed E-state index contributed by atoms with van der Waals surface area (Å²) >= 11 is 0. The summed E-state index contributed by atoms with van der Waals surface area (Å²) in [7, 11) is 0. The smallest absolute Gasteiger partial charge is 0.137 e. The number of aryl methyl sites for hydroxylation is 1. The van der Waals surface area contributed by atoms with Gasteiger partial charge in [0.05, 0.1) is 5.52 Å². The molecule has 0 unspecified atom stereocenters. The van der Waals surface area contributed by atoms with Gasteiger partial charge in [0.25, 0.3) is 0 Å². The fraction of sp³-hybridized carbons (Fsp3) is 0.652. The molecule has 0 bridgehead atoms. The molecule has 0 spiro atoms. The third-order valence-corrected chi connectivity index (χ3v) is 6.81. The van der Waals surface area contributed by atoms with E-state index >= 15 is 0 Å². The van der Waals surface area contributed by atoms with Crippen LogP contribution >= 0.6 is 0 Å². The SMILES string of the molecule is CCc1ccc2ncnc(N[C@H]3CC[C@H](N4CCC(C)(C)CC4)CC3)c2c1. The van der Waals surface area contributed by atoms with Crippen molar-refractivity contribution in [2.45, 2.75) is 77.8 Å². The third kappa shape index (κ3) is 4.26. The molecule has 0 radical (unpaired) electrons. The van der Waals surface area contributed by atoms with Crippen LogP contribution in [0.2, 0.25) is 0 Å². The van der Waals surface area contributed by atoms with Crippen molar-refractivity contribution in [2.75, 3.05) is 18.4 Å². The number of anilines is 1. The number of aromatic nitrogens is 2. The molecule has 1 aromatic carbocycles. The lowest BCUT2D eigenvalue weighted by Crippen LogP contribution is -2.46. The number of piperidine rings is 1. The summed E-state index contributed by atoms with van der Waals surface area (Å²) in [5, 5.41) is 4.91. The highest BCUT2D eigenvalue weighted by atomic mass is 15.2. The molecule has 27 heavy (non-hydrogen) atoms. The van der Waals surface area contributed by atoms with Crippen molar-refractivity contribution < 1.29 is 0 Å². The largest absolute Gasteiger partial charge is 0.367 e. The van der Waals surface area contributed by atoms with Crippen LogP contribution in [0.5, 0.6) is 0 Å². The van der Waals surface area contributed by atoms with Crippen LogP contribution in [-0.2, 0) is 6.42 Å². The van der Waals surface area contributed by atoms with Gasteiger partial charge < -0.3 is 10.2 Å². The van der Waals surface area contributed by atoms with Crippen LogP contribution in [0, 0.1) is 5.41 Å². The Balaban J connectivity index is 1.38. The summed E-state index contributed by atoms with van der Waals surface area (Å²) < 4.78 is 0. The van der Waals surface area contributed by atoms with E-state index in [0.717, 1.165) is 29.2 Å². The van der Waals surface area contributed by atoms with Gasteiger partial charge in [-0.3, -0.25) is 0 Å². The average molecular weight is 367 g/mol. The van der Waals surface area contributed by atoms with Crippen molar-refractivity contribution >= 4 is 16.7 Å². The summed E-state index contributed by atoms with van der Waals surface area (Å²) in [6, 6.07) is 7.86. The monoisotopic (exact) mass is 366 g/mol. The summed E-state index contributed by atoms with van der Waals surface area (Å²) in [6.07, 6.45) is 10.5. The van der Waals surface area contributed by atoms with Crippen LogP contribution in [0.15, 0.2) is 24.5 Å². The van der Waals surface area contributed by atoms with E-state index in [1.54, 1.807) is 6.33 Å². The van der Waals surface area contributed by atoms with Gasteiger partial charge in [-0.25, -0.2) is 9.97 Å². The lowest BCUT2D eigenvalue weighted by Gasteiger charge is -2.43. The normalized spacial score (nSPS) is 26.2. The Kier molecular flexibility index (Phi) is 5.36. The number of rotatable bonds is 4. The van der Waals surface area contributed by atoms with E-state index in [-0.39, 0.29) is 0 Å². The van der Waals surface area contributed by atoms with Crippen molar-refractivity contribution in [1.82, 2.24) is 14.9 Å². The maximum absolute atomic E-state index is 4.57.